The smallest absolute Gasteiger partial charge is 0.242 e. The van der Waals surface area contributed by atoms with Gasteiger partial charge < -0.3 is 15.0 Å². The molecule has 0 bridgehead atoms. The Bertz CT molecular complexity index is 610. The van der Waals surface area contributed by atoms with Crippen LogP contribution in [0.15, 0.2) is 5.38 Å². The molecule has 26 heavy (non-hydrogen) atoms. The van der Waals surface area contributed by atoms with E-state index < -0.39 is 0 Å². The molecule has 3 heterocycles. The van der Waals surface area contributed by atoms with Crippen LogP contribution in [0.1, 0.15) is 37.8 Å². The number of nitrogens with zero attached hydrogens (tertiary/aromatic N) is 3. The summed E-state index contributed by atoms with van der Waals surface area (Å²) in [4.78, 5) is 22.0. The lowest BCUT2D eigenvalue weighted by atomic mass is 9.84. The van der Waals surface area contributed by atoms with Crippen LogP contribution in [0.2, 0.25) is 0 Å². The van der Waals surface area contributed by atoms with Crippen molar-refractivity contribution < 1.29 is 9.53 Å². The zero-order valence-electron chi connectivity index (χ0n) is 15.7. The Morgan fingerprint density at radius 2 is 2.12 bits per heavy atom. The second-order valence-corrected chi connectivity index (χ2v) is 8.78. The first-order valence-corrected chi connectivity index (χ1v) is 10.9. The highest BCUT2D eigenvalue weighted by atomic mass is 32.1. The highest BCUT2D eigenvalue weighted by Crippen LogP contribution is 2.29. The molecule has 3 fully saturated rings. The maximum absolute atomic E-state index is 13.1. The molecular formula is C19H30N4O2S. The van der Waals surface area contributed by atoms with E-state index in [1.54, 1.807) is 11.3 Å². The zero-order chi connectivity index (χ0) is 17.9. The molecule has 1 N–H and O–H groups in total. The number of ether oxygens (including phenoxy) is 1. The van der Waals surface area contributed by atoms with Gasteiger partial charge in [0.2, 0.25) is 5.91 Å². The molecule has 1 aliphatic carbocycles. The van der Waals surface area contributed by atoms with Gasteiger partial charge in [-0.2, -0.15) is 0 Å². The van der Waals surface area contributed by atoms with Crippen LogP contribution in [-0.2, 0) is 9.53 Å². The summed E-state index contributed by atoms with van der Waals surface area (Å²) in [5.74, 6) is 1.06. The molecule has 4 rings (SSSR count). The Labute approximate surface area is 159 Å². The molecule has 6 nitrogen and oxygen atoms in total. The van der Waals surface area contributed by atoms with Gasteiger partial charge in [0.1, 0.15) is 6.04 Å². The lowest BCUT2D eigenvalue weighted by Crippen LogP contribution is -2.57. The minimum absolute atomic E-state index is 0.0736. The zero-order valence-corrected chi connectivity index (χ0v) is 16.5. The predicted octanol–water partition coefficient (Wildman–Crippen LogP) is 2.36. The van der Waals surface area contributed by atoms with Crippen LogP contribution in [0.4, 0.5) is 5.13 Å². The Kier molecular flexibility index (Phi) is 5.76. The molecule has 144 valence electrons. The van der Waals surface area contributed by atoms with E-state index in [-0.39, 0.29) is 11.9 Å². The van der Waals surface area contributed by atoms with Gasteiger partial charge in [0.25, 0.3) is 0 Å². The lowest BCUT2D eigenvalue weighted by molar-refractivity contribution is -0.145. The summed E-state index contributed by atoms with van der Waals surface area (Å²) in [6.45, 7) is 6.96. The van der Waals surface area contributed by atoms with E-state index in [1.165, 1.54) is 19.3 Å². The molecule has 0 radical (unpaired) electrons. The maximum atomic E-state index is 13.1. The third kappa shape index (κ3) is 4.21. The number of hydrogen-bond donors (Lipinski definition) is 1. The molecule has 3 aliphatic rings. The number of thiazole rings is 1. The summed E-state index contributed by atoms with van der Waals surface area (Å²) < 4.78 is 5.65. The van der Waals surface area contributed by atoms with Crippen molar-refractivity contribution >= 4 is 22.4 Å². The monoisotopic (exact) mass is 378 g/mol. The molecule has 2 saturated heterocycles. The van der Waals surface area contributed by atoms with E-state index in [0.29, 0.717) is 12.6 Å². The number of carbonyl (C=O) groups excluding carboxylic acids is 1. The molecular weight excluding hydrogens is 348 g/mol. The summed E-state index contributed by atoms with van der Waals surface area (Å²) in [5, 5.41) is 6.59. The fraction of sp³-hybridized carbons (Fsp3) is 0.789. The first-order valence-electron chi connectivity index (χ1n) is 9.98. The molecule has 0 spiro atoms. The average Bonchev–Trinajstić information content (AvgIpc) is 3.03. The number of aromatic nitrogens is 1. The largest absolute Gasteiger partial charge is 0.378 e. The van der Waals surface area contributed by atoms with Gasteiger partial charge in [-0.05, 0) is 38.5 Å². The van der Waals surface area contributed by atoms with Crippen molar-refractivity contribution in [2.45, 2.75) is 51.1 Å². The van der Waals surface area contributed by atoms with Crippen LogP contribution in [0, 0.1) is 12.8 Å². The van der Waals surface area contributed by atoms with Gasteiger partial charge in [-0.3, -0.25) is 9.69 Å². The number of aryl methyl sites for hydroxylation is 1. The molecule has 1 unspecified atom stereocenters. The fourth-order valence-electron chi connectivity index (χ4n) is 4.14. The van der Waals surface area contributed by atoms with Crippen molar-refractivity contribution in [2.75, 3.05) is 44.7 Å². The van der Waals surface area contributed by atoms with Crippen molar-refractivity contribution in [3.63, 3.8) is 0 Å². The van der Waals surface area contributed by atoms with E-state index in [1.807, 2.05) is 6.92 Å². The summed E-state index contributed by atoms with van der Waals surface area (Å²) >= 11 is 1.66. The Hall–Kier alpha value is -1.18. The van der Waals surface area contributed by atoms with Crippen LogP contribution in [-0.4, -0.2) is 72.2 Å². The number of likely N-dealkylation sites (tertiary alicyclic amines) is 1. The van der Waals surface area contributed by atoms with Gasteiger partial charge in [-0.1, -0.05) is 6.42 Å². The van der Waals surface area contributed by atoms with Crippen molar-refractivity contribution in [3.8, 4) is 0 Å². The van der Waals surface area contributed by atoms with E-state index in [0.717, 1.165) is 62.4 Å². The van der Waals surface area contributed by atoms with Crippen LogP contribution in [0.3, 0.4) is 0 Å². The number of morpholine rings is 1. The second kappa shape index (κ2) is 8.23. The quantitative estimate of drug-likeness (QED) is 0.852. The summed E-state index contributed by atoms with van der Waals surface area (Å²) in [7, 11) is 0. The van der Waals surface area contributed by atoms with Crippen molar-refractivity contribution in [1.82, 2.24) is 14.8 Å². The minimum Gasteiger partial charge on any atom is -0.378 e. The van der Waals surface area contributed by atoms with Gasteiger partial charge >= 0.3 is 0 Å². The van der Waals surface area contributed by atoms with E-state index >= 15 is 0 Å². The number of nitrogens with one attached hydrogen (secondary N) is 1. The summed E-state index contributed by atoms with van der Waals surface area (Å²) in [6.07, 6.45) is 5.98. The van der Waals surface area contributed by atoms with Crippen molar-refractivity contribution in [3.05, 3.63) is 11.1 Å². The van der Waals surface area contributed by atoms with Gasteiger partial charge in [0.15, 0.2) is 5.13 Å². The molecule has 7 heteroatoms. The predicted molar refractivity (Wildman–Crippen MR) is 104 cm³/mol. The van der Waals surface area contributed by atoms with Crippen LogP contribution < -0.4 is 5.32 Å². The van der Waals surface area contributed by atoms with Crippen molar-refractivity contribution in [2.24, 2.45) is 5.92 Å². The number of carbonyl (C=O) groups is 1. The normalized spacial score (nSPS) is 25.9. The molecule has 1 aromatic heterocycles. The molecule has 0 aromatic carbocycles. The highest BCUT2D eigenvalue weighted by molar-refractivity contribution is 7.13. The van der Waals surface area contributed by atoms with Gasteiger partial charge in [0, 0.05) is 37.6 Å². The van der Waals surface area contributed by atoms with E-state index in [9.17, 15) is 4.79 Å². The van der Waals surface area contributed by atoms with E-state index in [2.05, 4.69) is 25.5 Å². The van der Waals surface area contributed by atoms with Crippen LogP contribution in [0.5, 0.6) is 0 Å². The summed E-state index contributed by atoms with van der Waals surface area (Å²) in [5.41, 5.74) is 1.06. The fourth-order valence-corrected chi connectivity index (χ4v) is 4.91. The Balaban J connectivity index is 1.29. The standard InChI is InChI=1S/C19H30N4O2S/c1-14-13-26-19(20-14)21-16-5-7-22(8-6-16)18(24)17-12-25-10-9-23(17)11-15-3-2-4-15/h13,15-17H,2-12H2,1H3,(H,20,21). The average molecular weight is 379 g/mol. The van der Waals surface area contributed by atoms with Crippen LogP contribution >= 0.6 is 11.3 Å². The minimum atomic E-state index is -0.0736. The number of amides is 1. The molecule has 1 aromatic rings. The second-order valence-electron chi connectivity index (χ2n) is 7.92. The first-order chi connectivity index (χ1) is 12.7. The van der Waals surface area contributed by atoms with Gasteiger partial charge in [-0.15, -0.1) is 11.3 Å². The van der Waals surface area contributed by atoms with Gasteiger partial charge in [-0.25, -0.2) is 4.98 Å². The third-order valence-corrected chi connectivity index (χ3v) is 6.89. The third-order valence-electron chi connectivity index (χ3n) is 6.00. The lowest BCUT2D eigenvalue weighted by Gasteiger charge is -2.42. The van der Waals surface area contributed by atoms with E-state index in [4.69, 9.17) is 4.74 Å². The Morgan fingerprint density at radius 3 is 2.77 bits per heavy atom. The highest BCUT2D eigenvalue weighted by Gasteiger charge is 2.36. The first kappa shape index (κ1) is 18.2. The maximum Gasteiger partial charge on any atom is 0.242 e. The number of rotatable bonds is 5. The SMILES string of the molecule is Cc1csc(NC2CCN(C(=O)C3COCCN3CC3CCC3)CC2)n1. The molecule has 1 saturated carbocycles. The number of piperidine rings is 1. The van der Waals surface area contributed by atoms with Crippen LogP contribution in [0.25, 0.3) is 0 Å². The summed E-state index contributed by atoms with van der Waals surface area (Å²) in [6, 6.07) is 0.341. The topological polar surface area (TPSA) is 57.7 Å². The number of hydrogen-bond acceptors (Lipinski definition) is 6. The number of anilines is 1. The Morgan fingerprint density at radius 1 is 1.31 bits per heavy atom. The molecule has 1 amide bonds. The van der Waals surface area contributed by atoms with Gasteiger partial charge in [0.05, 0.1) is 18.9 Å². The van der Waals surface area contributed by atoms with Crippen molar-refractivity contribution in [1.29, 1.82) is 0 Å². The molecule has 1 atom stereocenters. The molecule has 2 aliphatic heterocycles.